The molecule has 3 nitrogen and oxygen atoms in total. The Hall–Kier alpha value is -0.0631. The Bertz CT molecular complexity index is 574. The molecule has 1 aliphatic heterocycles. The maximum Gasteiger partial charge on any atom is 0.214 e. The predicted molar refractivity (Wildman–Crippen MR) is 105 cm³/mol. The highest BCUT2D eigenvalue weighted by molar-refractivity contribution is 8.48. The molecule has 1 aliphatic rings. The molecule has 22 heavy (non-hydrogen) atoms. The highest BCUT2D eigenvalue weighted by atomic mass is 32.7. The van der Waals surface area contributed by atoms with Crippen LogP contribution >= 0.6 is 18.8 Å². The lowest BCUT2D eigenvalue weighted by atomic mass is 10.1. The average Bonchev–Trinajstić information content (AvgIpc) is 2.23. The summed E-state index contributed by atoms with van der Waals surface area (Å²) in [5, 5.41) is 0. The third-order valence-corrected chi connectivity index (χ3v) is 17.0. The van der Waals surface area contributed by atoms with Gasteiger partial charge in [-0.1, -0.05) is 18.2 Å². The Balaban J connectivity index is 2.64. The molecule has 1 fully saturated rings. The summed E-state index contributed by atoms with van der Waals surface area (Å²) in [5.74, 6) is 0. The molecule has 0 atom stereocenters. The van der Waals surface area contributed by atoms with Crippen molar-refractivity contribution in [2.45, 2.75) is 65.7 Å². The van der Waals surface area contributed by atoms with E-state index in [1.807, 2.05) is 18.2 Å². The van der Waals surface area contributed by atoms with Crippen LogP contribution < -0.4 is 0 Å². The molecule has 0 amide bonds. The minimum Gasteiger partial charge on any atom is -0.253 e. The minimum atomic E-state index is -2.00. The second-order valence-corrected chi connectivity index (χ2v) is 16.8. The molecule has 1 heterocycles. The van der Waals surface area contributed by atoms with Crippen molar-refractivity contribution < 1.29 is 0 Å². The Kier molecular flexibility index (Phi) is 4.56. The minimum absolute atomic E-state index is 0.0747. The molecule has 1 saturated heterocycles. The summed E-state index contributed by atoms with van der Waals surface area (Å²) >= 11 is 5.21. The fourth-order valence-corrected chi connectivity index (χ4v) is 21.7. The molecule has 0 aromatic heterocycles. The molecule has 0 bridgehead atoms. The third-order valence-electron chi connectivity index (χ3n) is 3.85. The van der Waals surface area contributed by atoms with Crippen LogP contribution in [0.1, 0.15) is 41.5 Å². The second kappa shape index (κ2) is 5.49. The van der Waals surface area contributed by atoms with E-state index in [9.17, 15) is 0 Å². The first-order valence-corrected chi connectivity index (χ1v) is 13.5. The van der Waals surface area contributed by atoms with Gasteiger partial charge in [0.25, 0.3) is 0 Å². The van der Waals surface area contributed by atoms with E-state index < -0.39 is 15.0 Å². The molecule has 0 saturated carbocycles. The molecule has 1 aromatic carbocycles. The second-order valence-electron chi connectivity index (χ2n) is 8.43. The zero-order chi connectivity index (χ0) is 17.0. The highest BCUT2D eigenvalue weighted by Gasteiger charge is 2.65. The fraction of sp³-hybridized carbons (Fsp3) is 0.625. The van der Waals surface area contributed by atoms with E-state index in [1.165, 1.54) is 0 Å². The van der Waals surface area contributed by atoms with E-state index in [4.69, 9.17) is 17.0 Å². The summed E-state index contributed by atoms with van der Waals surface area (Å²) < 4.78 is 10.4. The van der Waals surface area contributed by atoms with Gasteiger partial charge in [0.05, 0.1) is 5.69 Å². The van der Waals surface area contributed by atoms with Crippen molar-refractivity contribution in [3.63, 3.8) is 0 Å². The zero-order valence-electron chi connectivity index (χ0n) is 15.1. The van der Waals surface area contributed by atoms with Crippen LogP contribution in [0.2, 0.25) is 13.1 Å². The molecule has 1 aromatic rings. The molecule has 0 aliphatic carbocycles. The summed E-state index contributed by atoms with van der Waals surface area (Å²) in [6.07, 6.45) is 0. The van der Waals surface area contributed by atoms with E-state index in [0.29, 0.717) is 0 Å². The van der Waals surface area contributed by atoms with Crippen molar-refractivity contribution in [3.05, 3.63) is 30.3 Å². The van der Waals surface area contributed by atoms with Gasteiger partial charge in [0.1, 0.15) is 6.56 Å². The molecule has 0 radical (unpaired) electrons. The lowest BCUT2D eigenvalue weighted by Gasteiger charge is -2.70. The largest absolute Gasteiger partial charge is 0.253 e. The van der Waals surface area contributed by atoms with Crippen LogP contribution in [0.5, 0.6) is 0 Å². The average molecular weight is 356 g/mol. The number of nitrogens with zero attached hydrogens (tertiary/aromatic N) is 3. The lowest BCUT2D eigenvalue weighted by Crippen LogP contribution is -2.77. The standard InChI is InChI=1S/C16H30N3PSSi/c1-15(2,3)18-20(21,17-14-12-10-9-11-13-14)19(16(4,5)6)22(18,7)8/h9-13,21H,1-8H3. The molecule has 6 heteroatoms. The van der Waals surface area contributed by atoms with Crippen molar-refractivity contribution in [3.8, 4) is 0 Å². The first kappa shape index (κ1) is 18.3. The van der Waals surface area contributed by atoms with Crippen molar-refractivity contribution >= 4 is 32.9 Å². The third kappa shape index (κ3) is 2.99. The lowest BCUT2D eigenvalue weighted by molar-refractivity contribution is 0.241. The van der Waals surface area contributed by atoms with Crippen LogP contribution in [-0.4, -0.2) is 28.1 Å². The molecule has 0 spiro atoms. The molecule has 0 N–H and O–H groups in total. The van der Waals surface area contributed by atoms with Crippen molar-refractivity contribution in [1.82, 2.24) is 8.67 Å². The number of hydrogen-bond acceptors (Lipinski definition) is 1. The van der Waals surface area contributed by atoms with E-state index in [-0.39, 0.29) is 11.1 Å². The smallest absolute Gasteiger partial charge is 0.214 e. The van der Waals surface area contributed by atoms with E-state index in [2.05, 4.69) is 75.4 Å². The van der Waals surface area contributed by atoms with Gasteiger partial charge in [0.15, 0.2) is 0 Å². The van der Waals surface area contributed by atoms with E-state index in [0.717, 1.165) is 5.69 Å². The maximum absolute atomic E-state index is 5.21. The summed E-state index contributed by atoms with van der Waals surface area (Å²) in [4.78, 5) is 0. The van der Waals surface area contributed by atoms with Gasteiger partial charge in [-0.3, -0.25) is 8.67 Å². The molecule has 2 rings (SSSR count). The molecular formula is C16H30N3PSSi. The molecular weight excluding hydrogens is 325 g/mol. The monoisotopic (exact) mass is 355 g/mol. The first-order valence-electron chi connectivity index (χ1n) is 7.83. The Morgan fingerprint density at radius 2 is 1.32 bits per heavy atom. The predicted octanol–water partition coefficient (Wildman–Crippen LogP) is 6.11. The van der Waals surface area contributed by atoms with Crippen LogP contribution in [0.3, 0.4) is 0 Å². The van der Waals surface area contributed by atoms with E-state index >= 15 is 0 Å². The van der Waals surface area contributed by atoms with Crippen LogP contribution in [-0.2, 0) is 0 Å². The Morgan fingerprint density at radius 3 is 1.68 bits per heavy atom. The van der Waals surface area contributed by atoms with Crippen LogP contribution in [0, 0.1) is 0 Å². The van der Waals surface area contributed by atoms with Crippen molar-refractivity contribution in [2.24, 2.45) is 4.74 Å². The number of benzene rings is 1. The van der Waals surface area contributed by atoms with Crippen LogP contribution in [0.25, 0.3) is 0 Å². The summed E-state index contributed by atoms with van der Waals surface area (Å²) in [6.45, 7) is 16.5. The van der Waals surface area contributed by atoms with Gasteiger partial charge in [-0.05, 0) is 66.8 Å². The fourth-order valence-electron chi connectivity index (χ4n) is 3.98. The van der Waals surface area contributed by atoms with Gasteiger partial charge in [-0.2, -0.15) is 0 Å². The summed E-state index contributed by atoms with van der Waals surface area (Å²) in [5.41, 5.74) is 1.18. The summed E-state index contributed by atoms with van der Waals surface area (Å²) in [6, 6.07) is 10.3. The Morgan fingerprint density at radius 1 is 0.909 bits per heavy atom. The number of hydrogen-bond donors (Lipinski definition) is 1. The van der Waals surface area contributed by atoms with Crippen molar-refractivity contribution in [1.29, 1.82) is 0 Å². The summed E-state index contributed by atoms with van der Waals surface area (Å²) in [7, 11) is -1.72. The number of thiol groups is 1. The topological polar surface area (TPSA) is 18.8 Å². The van der Waals surface area contributed by atoms with Gasteiger partial charge >= 0.3 is 0 Å². The van der Waals surface area contributed by atoms with Gasteiger partial charge in [-0.15, -0.1) is 12.2 Å². The normalized spacial score (nSPS) is 22.2. The SMILES string of the molecule is CC(C)(C)N1[Si](C)(C)N(C(C)(C)C)P1(S)=Nc1ccccc1. The first-order chi connectivity index (χ1) is 9.81. The van der Waals surface area contributed by atoms with E-state index in [1.54, 1.807) is 0 Å². The van der Waals surface area contributed by atoms with Gasteiger partial charge < -0.3 is 0 Å². The molecule has 0 unspecified atom stereocenters. The molecule has 124 valence electrons. The van der Waals surface area contributed by atoms with Gasteiger partial charge in [0, 0.05) is 11.1 Å². The Labute approximate surface area is 142 Å². The van der Waals surface area contributed by atoms with Gasteiger partial charge in [-0.25, -0.2) is 4.74 Å². The highest BCUT2D eigenvalue weighted by Crippen LogP contribution is 2.77. The van der Waals surface area contributed by atoms with Crippen LogP contribution in [0.15, 0.2) is 35.1 Å². The number of rotatable bonds is 1. The quantitative estimate of drug-likeness (QED) is 0.372. The zero-order valence-corrected chi connectivity index (χ0v) is 17.9. The van der Waals surface area contributed by atoms with Crippen LogP contribution in [0.4, 0.5) is 5.69 Å². The maximum atomic E-state index is 5.21. The van der Waals surface area contributed by atoms with Gasteiger partial charge in [0.2, 0.25) is 8.40 Å². The van der Waals surface area contributed by atoms with Crippen molar-refractivity contribution in [2.75, 3.05) is 0 Å².